The topological polar surface area (TPSA) is 237 Å². The average molecular weight is 769 g/mol. The third kappa shape index (κ3) is 21.2. The standard InChI is InChI=1S/C36H48O18/c1-4-26(38)46-19-11-7-15-29(41)51-25-24-50-36(54-32(44)18-10-13-21-48-28(40)6-3)35(53-31(43)17-8-12-20-47-27(39)5-2)34(25)52-30(42)16-9-14-22-49-33(45)23-37/h4-6,23,25,34-36H,1-3,7-22,24H2/t25-,34+,35-,36?/m1/s1. The molecule has 0 saturated carbocycles. The Balaban J connectivity index is 3.12. The third-order valence-corrected chi connectivity index (χ3v) is 7.12. The van der Waals surface area contributed by atoms with Gasteiger partial charge >= 0.3 is 47.8 Å². The Morgan fingerprint density at radius 2 is 0.833 bits per heavy atom. The second-order valence-electron chi connectivity index (χ2n) is 11.4. The molecular formula is C36H48O18. The summed E-state index contributed by atoms with van der Waals surface area (Å²) in [4.78, 5) is 107. The lowest BCUT2D eigenvalue weighted by Crippen LogP contribution is -2.58. The molecule has 1 unspecified atom stereocenters. The molecule has 0 amide bonds. The summed E-state index contributed by atoms with van der Waals surface area (Å²) < 4.78 is 47.4. The van der Waals surface area contributed by atoms with Crippen LogP contribution in [0.1, 0.15) is 77.0 Å². The molecule has 54 heavy (non-hydrogen) atoms. The number of carbonyl (C=O) groups excluding carboxylic acids is 9. The van der Waals surface area contributed by atoms with Crippen molar-refractivity contribution in [2.24, 2.45) is 0 Å². The lowest BCUT2D eigenvalue weighted by atomic mass is 10.0. The molecule has 0 aliphatic carbocycles. The van der Waals surface area contributed by atoms with Crippen LogP contribution in [0.2, 0.25) is 0 Å². The van der Waals surface area contributed by atoms with Crippen molar-refractivity contribution in [1.82, 2.24) is 0 Å². The second-order valence-corrected chi connectivity index (χ2v) is 11.4. The molecule has 0 aromatic carbocycles. The Morgan fingerprint density at radius 3 is 1.22 bits per heavy atom. The van der Waals surface area contributed by atoms with Crippen molar-refractivity contribution in [3.63, 3.8) is 0 Å². The van der Waals surface area contributed by atoms with Gasteiger partial charge in [0, 0.05) is 43.9 Å². The first-order valence-corrected chi connectivity index (χ1v) is 17.3. The molecule has 0 bridgehead atoms. The Bertz CT molecular complexity index is 1210. The van der Waals surface area contributed by atoms with Gasteiger partial charge in [0.2, 0.25) is 18.7 Å². The van der Waals surface area contributed by atoms with Gasteiger partial charge in [-0.25, -0.2) is 19.2 Å². The van der Waals surface area contributed by atoms with Crippen molar-refractivity contribution in [3.05, 3.63) is 38.0 Å². The summed E-state index contributed by atoms with van der Waals surface area (Å²) in [6, 6.07) is 0. The predicted octanol–water partition coefficient (Wildman–Crippen LogP) is 2.23. The fourth-order valence-corrected chi connectivity index (χ4v) is 4.44. The van der Waals surface area contributed by atoms with Crippen LogP contribution >= 0.6 is 0 Å². The van der Waals surface area contributed by atoms with Gasteiger partial charge in [-0.15, -0.1) is 0 Å². The van der Waals surface area contributed by atoms with E-state index in [-0.39, 0.29) is 96.9 Å². The van der Waals surface area contributed by atoms with E-state index in [4.69, 9.17) is 37.9 Å². The molecule has 1 heterocycles. The van der Waals surface area contributed by atoms with E-state index >= 15 is 0 Å². The molecule has 0 radical (unpaired) electrons. The van der Waals surface area contributed by atoms with Gasteiger partial charge in [0.05, 0.1) is 33.0 Å². The molecule has 18 heteroatoms. The van der Waals surface area contributed by atoms with E-state index in [1.54, 1.807) is 0 Å². The van der Waals surface area contributed by atoms with E-state index in [1.807, 2.05) is 0 Å². The van der Waals surface area contributed by atoms with Crippen LogP contribution < -0.4 is 0 Å². The largest absolute Gasteiger partial charge is 0.463 e. The highest BCUT2D eigenvalue weighted by atomic mass is 16.7. The van der Waals surface area contributed by atoms with Gasteiger partial charge in [-0.2, -0.15) is 0 Å². The Kier molecular flexibility index (Phi) is 24.3. The Morgan fingerprint density at radius 1 is 0.481 bits per heavy atom. The number of ether oxygens (including phenoxy) is 9. The van der Waals surface area contributed by atoms with Gasteiger partial charge in [0.15, 0.2) is 12.2 Å². The fraction of sp³-hybridized carbons (Fsp3) is 0.583. The SMILES string of the molecule is C=CC(=O)OCCCCC(=O)OC1OC[C@@H](OC(=O)CCCCOC(=O)C=C)[C@H](OC(=O)CCCCOC(=O)C=O)[C@H]1OC(=O)CCCCOC(=O)C=C. The van der Waals surface area contributed by atoms with Crippen molar-refractivity contribution in [2.45, 2.75) is 102 Å². The van der Waals surface area contributed by atoms with Gasteiger partial charge < -0.3 is 42.6 Å². The molecule has 1 aliphatic heterocycles. The summed E-state index contributed by atoms with van der Waals surface area (Å²) in [5.41, 5.74) is 0. The summed E-state index contributed by atoms with van der Waals surface area (Å²) in [6.45, 7) is 9.36. The summed E-state index contributed by atoms with van der Waals surface area (Å²) in [5, 5.41) is 0. The maximum Gasteiger partial charge on any atom is 0.371 e. The van der Waals surface area contributed by atoms with Crippen molar-refractivity contribution >= 4 is 54.0 Å². The van der Waals surface area contributed by atoms with Crippen molar-refractivity contribution in [1.29, 1.82) is 0 Å². The lowest BCUT2D eigenvalue weighted by molar-refractivity contribution is -0.275. The molecule has 1 fully saturated rings. The number of carbonyl (C=O) groups is 9. The number of hydrogen-bond acceptors (Lipinski definition) is 18. The third-order valence-electron chi connectivity index (χ3n) is 7.12. The minimum absolute atomic E-state index is 0.000990. The van der Waals surface area contributed by atoms with Crippen molar-refractivity contribution in [2.75, 3.05) is 33.0 Å². The van der Waals surface area contributed by atoms with Crippen LogP contribution in [-0.4, -0.2) is 112 Å². The van der Waals surface area contributed by atoms with Crippen LogP contribution in [0.15, 0.2) is 38.0 Å². The first kappa shape index (κ1) is 46.6. The molecule has 1 saturated heterocycles. The minimum Gasteiger partial charge on any atom is -0.463 e. The van der Waals surface area contributed by atoms with Crippen LogP contribution in [0.25, 0.3) is 0 Å². The lowest BCUT2D eigenvalue weighted by Gasteiger charge is -2.40. The van der Waals surface area contributed by atoms with E-state index in [0.29, 0.717) is 12.8 Å². The van der Waals surface area contributed by atoms with E-state index < -0.39 is 79.0 Å². The van der Waals surface area contributed by atoms with Gasteiger partial charge in [0.25, 0.3) is 0 Å². The van der Waals surface area contributed by atoms with Crippen LogP contribution in [-0.2, 0) is 85.8 Å². The smallest absolute Gasteiger partial charge is 0.371 e. The van der Waals surface area contributed by atoms with E-state index in [1.165, 1.54) is 0 Å². The zero-order chi connectivity index (χ0) is 40.1. The number of esters is 8. The number of aldehydes is 1. The monoisotopic (exact) mass is 768 g/mol. The maximum absolute atomic E-state index is 13.0. The summed E-state index contributed by atoms with van der Waals surface area (Å²) >= 11 is 0. The Labute approximate surface area is 312 Å². The highest BCUT2D eigenvalue weighted by molar-refractivity contribution is 6.20. The molecule has 0 spiro atoms. The van der Waals surface area contributed by atoms with Crippen molar-refractivity contribution < 1.29 is 85.8 Å². The van der Waals surface area contributed by atoms with Gasteiger partial charge in [0.1, 0.15) is 0 Å². The molecule has 0 aromatic heterocycles. The average Bonchev–Trinajstić information content (AvgIpc) is 3.15. The van der Waals surface area contributed by atoms with Gasteiger partial charge in [-0.3, -0.25) is 24.0 Å². The quantitative estimate of drug-likeness (QED) is 0.0277. The summed E-state index contributed by atoms with van der Waals surface area (Å²) in [5.74, 6) is -6.15. The first-order valence-electron chi connectivity index (χ1n) is 17.3. The number of rotatable bonds is 28. The molecule has 18 nitrogen and oxygen atoms in total. The maximum atomic E-state index is 13.0. The van der Waals surface area contributed by atoms with Gasteiger partial charge in [-0.05, 0) is 51.4 Å². The fourth-order valence-electron chi connectivity index (χ4n) is 4.44. The molecule has 4 atom stereocenters. The minimum atomic E-state index is -1.61. The number of hydrogen-bond donors (Lipinski definition) is 0. The zero-order valence-electron chi connectivity index (χ0n) is 30.1. The normalized spacial score (nSPS) is 17.3. The predicted molar refractivity (Wildman–Crippen MR) is 181 cm³/mol. The van der Waals surface area contributed by atoms with Crippen LogP contribution in [0, 0.1) is 0 Å². The Hall–Kier alpha value is -5.39. The molecular weight excluding hydrogens is 720 g/mol. The highest BCUT2D eigenvalue weighted by Crippen LogP contribution is 2.27. The first-order chi connectivity index (χ1) is 25.9. The number of unbranched alkanes of at least 4 members (excludes halogenated alkanes) is 4. The van der Waals surface area contributed by atoms with Crippen LogP contribution in [0.5, 0.6) is 0 Å². The van der Waals surface area contributed by atoms with E-state index in [9.17, 15) is 43.2 Å². The molecule has 300 valence electrons. The van der Waals surface area contributed by atoms with Gasteiger partial charge in [-0.1, -0.05) is 19.7 Å². The van der Waals surface area contributed by atoms with E-state index in [2.05, 4.69) is 24.5 Å². The molecule has 1 aliphatic rings. The van der Waals surface area contributed by atoms with Crippen molar-refractivity contribution in [3.8, 4) is 0 Å². The van der Waals surface area contributed by atoms with E-state index in [0.717, 1.165) is 18.2 Å². The van der Waals surface area contributed by atoms with Crippen LogP contribution in [0.3, 0.4) is 0 Å². The molecule has 0 aromatic rings. The second kappa shape index (κ2) is 28.2. The van der Waals surface area contributed by atoms with Crippen LogP contribution in [0.4, 0.5) is 0 Å². The highest BCUT2D eigenvalue weighted by Gasteiger charge is 2.49. The summed E-state index contributed by atoms with van der Waals surface area (Å²) in [7, 11) is 0. The zero-order valence-corrected chi connectivity index (χ0v) is 30.1. The summed E-state index contributed by atoms with van der Waals surface area (Å²) in [6.07, 6.45) is -1.87. The molecule has 1 rings (SSSR count). The molecule has 0 N–H and O–H groups in total.